The Morgan fingerprint density at radius 3 is 2.81 bits per heavy atom. The summed E-state index contributed by atoms with van der Waals surface area (Å²) < 4.78 is 10.3. The molecule has 114 valence electrons. The smallest absolute Gasteiger partial charge is 0.307 e. The van der Waals surface area contributed by atoms with Crippen LogP contribution in [0, 0.1) is 5.92 Å². The Labute approximate surface area is 124 Å². The summed E-state index contributed by atoms with van der Waals surface area (Å²) in [6.45, 7) is 0.967. The van der Waals surface area contributed by atoms with Crippen molar-refractivity contribution in [3.05, 3.63) is 35.9 Å². The standard InChI is InChI=1S/C16H21NO4/c1-20-14(18)9-10-17-16(19)13-8-5-11-21-15(13)12-6-3-2-4-7-12/h2-4,6-7,13,15H,5,8-11H2,1H3,(H,17,19). The Balaban J connectivity index is 1.95. The molecular formula is C16H21NO4. The van der Waals surface area contributed by atoms with Crippen molar-refractivity contribution >= 4 is 11.9 Å². The molecule has 21 heavy (non-hydrogen) atoms. The average Bonchev–Trinajstić information content (AvgIpc) is 2.55. The summed E-state index contributed by atoms with van der Waals surface area (Å²) in [6.07, 6.45) is 1.64. The fourth-order valence-electron chi connectivity index (χ4n) is 2.54. The van der Waals surface area contributed by atoms with Crippen molar-refractivity contribution in [2.45, 2.75) is 25.4 Å². The molecule has 0 spiro atoms. The molecule has 5 nitrogen and oxygen atoms in total. The Morgan fingerprint density at radius 1 is 1.33 bits per heavy atom. The number of methoxy groups -OCH3 is 1. The van der Waals surface area contributed by atoms with Crippen LogP contribution in [0.15, 0.2) is 30.3 Å². The van der Waals surface area contributed by atoms with E-state index in [0.29, 0.717) is 13.2 Å². The van der Waals surface area contributed by atoms with Gasteiger partial charge in [-0.25, -0.2) is 0 Å². The summed E-state index contributed by atoms with van der Waals surface area (Å²) in [5.41, 5.74) is 1.02. The lowest BCUT2D eigenvalue weighted by molar-refractivity contribution is -0.140. The molecule has 0 radical (unpaired) electrons. The van der Waals surface area contributed by atoms with E-state index in [0.717, 1.165) is 18.4 Å². The zero-order valence-corrected chi connectivity index (χ0v) is 12.2. The van der Waals surface area contributed by atoms with E-state index >= 15 is 0 Å². The molecule has 1 aliphatic rings. The van der Waals surface area contributed by atoms with Crippen LogP contribution < -0.4 is 5.32 Å². The third kappa shape index (κ3) is 4.29. The van der Waals surface area contributed by atoms with Crippen LogP contribution >= 0.6 is 0 Å². The van der Waals surface area contributed by atoms with E-state index in [-0.39, 0.29) is 30.3 Å². The van der Waals surface area contributed by atoms with Crippen molar-refractivity contribution in [3.63, 3.8) is 0 Å². The minimum Gasteiger partial charge on any atom is -0.469 e. The van der Waals surface area contributed by atoms with Gasteiger partial charge in [0.2, 0.25) is 5.91 Å². The van der Waals surface area contributed by atoms with E-state index < -0.39 is 0 Å². The quantitative estimate of drug-likeness (QED) is 0.841. The molecule has 1 saturated heterocycles. The molecule has 1 amide bonds. The van der Waals surface area contributed by atoms with E-state index in [1.807, 2.05) is 30.3 Å². The lowest BCUT2D eigenvalue weighted by Gasteiger charge is -2.31. The van der Waals surface area contributed by atoms with E-state index in [2.05, 4.69) is 10.1 Å². The van der Waals surface area contributed by atoms with Crippen LogP contribution in [0.5, 0.6) is 0 Å². The molecule has 2 unspecified atom stereocenters. The molecule has 5 heteroatoms. The monoisotopic (exact) mass is 291 g/mol. The third-order valence-corrected chi connectivity index (χ3v) is 3.64. The highest BCUT2D eigenvalue weighted by Gasteiger charge is 2.32. The van der Waals surface area contributed by atoms with Crippen LogP contribution in [0.4, 0.5) is 0 Å². The molecule has 1 heterocycles. The lowest BCUT2D eigenvalue weighted by atomic mass is 9.89. The fraction of sp³-hybridized carbons (Fsp3) is 0.500. The molecule has 1 aromatic rings. The van der Waals surface area contributed by atoms with E-state index in [1.54, 1.807) is 0 Å². The topological polar surface area (TPSA) is 64.6 Å². The van der Waals surface area contributed by atoms with Crippen molar-refractivity contribution in [2.24, 2.45) is 5.92 Å². The molecule has 2 rings (SSSR count). The van der Waals surface area contributed by atoms with Gasteiger partial charge in [-0.15, -0.1) is 0 Å². The van der Waals surface area contributed by atoms with Gasteiger partial charge in [0.05, 0.1) is 25.6 Å². The summed E-state index contributed by atoms with van der Waals surface area (Å²) in [7, 11) is 1.34. The largest absolute Gasteiger partial charge is 0.469 e. The van der Waals surface area contributed by atoms with Gasteiger partial charge in [-0.3, -0.25) is 9.59 Å². The number of nitrogens with one attached hydrogen (secondary N) is 1. The maximum atomic E-state index is 12.3. The van der Waals surface area contributed by atoms with Gasteiger partial charge in [-0.05, 0) is 18.4 Å². The average molecular weight is 291 g/mol. The van der Waals surface area contributed by atoms with Gasteiger partial charge < -0.3 is 14.8 Å². The summed E-state index contributed by atoms with van der Waals surface area (Å²) in [4.78, 5) is 23.4. The second-order valence-corrected chi connectivity index (χ2v) is 5.07. The Kier molecular flexibility index (Phi) is 5.75. The van der Waals surface area contributed by atoms with Gasteiger partial charge in [0.15, 0.2) is 0 Å². The highest BCUT2D eigenvalue weighted by molar-refractivity contribution is 5.80. The second kappa shape index (κ2) is 7.78. The van der Waals surface area contributed by atoms with Crippen molar-refractivity contribution in [1.82, 2.24) is 5.32 Å². The minimum atomic E-state index is -0.324. The first-order valence-electron chi connectivity index (χ1n) is 7.23. The molecular weight excluding hydrogens is 270 g/mol. The highest BCUT2D eigenvalue weighted by Crippen LogP contribution is 2.33. The van der Waals surface area contributed by atoms with Crippen LogP contribution in [0.1, 0.15) is 30.9 Å². The Morgan fingerprint density at radius 2 is 2.10 bits per heavy atom. The van der Waals surface area contributed by atoms with Gasteiger partial charge in [-0.1, -0.05) is 30.3 Å². The van der Waals surface area contributed by atoms with Gasteiger partial charge >= 0.3 is 5.97 Å². The molecule has 1 fully saturated rings. The normalized spacial score (nSPS) is 21.6. The summed E-state index contributed by atoms with van der Waals surface area (Å²) in [5, 5.41) is 2.80. The first-order valence-corrected chi connectivity index (χ1v) is 7.23. The van der Waals surface area contributed by atoms with Gasteiger partial charge in [-0.2, -0.15) is 0 Å². The van der Waals surface area contributed by atoms with Crippen molar-refractivity contribution < 1.29 is 19.1 Å². The minimum absolute atomic E-state index is 0.0625. The van der Waals surface area contributed by atoms with E-state index in [9.17, 15) is 9.59 Å². The third-order valence-electron chi connectivity index (χ3n) is 3.64. The van der Waals surface area contributed by atoms with Crippen LogP contribution in [0.25, 0.3) is 0 Å². The molecule has 1 aromatic carbocycles. The highest BCUT2D eigenvalue weighted by atomic mass is 16.5. The number of benzene rings is 1. The maximum absolute atomic E-state index is 12.3. The van der Waals surface area contributed by atoms with Gasteiger partial charge in [0.1, 0.15) is 0 Å². The number of ether oxygens (including phenoxy) is 2. The first kappa shape index (κ1) is 15.5. The van der Waals surface area contributed by atoms with Crippen molar-refractivity contribution in [3.8, 4) is 0 Å². The predicted octanol–water partition coefficient (Wildman–Crippen LogP) is 1.83. The van der Waals surface area contributed by atoms with Crippen molar-refractivity contribution in [1.29, 1.82) is 0 Å². The summed E-state index contributed by atoms with van der Waals surface area (Å²) in [6, 6.07) is 9.78. The first-order chi connectivity index (χ1) is 10.2. The number of rotatable bonds is 5. The van der Waals surface area contributed by atoms with Gasteiger partial charge in [0, 0.05) is 13.2 Å². The van der Waals surface area contributed by atoms with Crippen LogP contribution in [0.2, 0.25) is 0 Å². The maximum Gasteiger partial charge on any atom is 0.307 e. The molecule has 1 aliphatic heterocycles. The van der Waals surface area contributed by atoms with E-state index in [4.69, 9.17) is 4.74 Å². The van der Waals surface area contributed by atoms with Crippen LogP contribution in [-0.2, 0) is 19.1 Å². The Bertz CT molecular complexity index is 474. The fourth-order valence-corrected chi connectivity index (χ4v) is 2.54. The zero-order valence-electron chi connectivity index (χ0n) is 12.2. The molecule has 0 saturated carbocycles. The van der Waals surface area contributed by atoms with Crippen LogP contribution in [0.3, 0.4) is 0 Å². The second-order valence-electron chi connectivity index (χ2n) is 5.07. The van der Waals surface area contributed by atoms with E-state index in [1.165, 1.54) is 7.11 Å². The number of hydrogen-bond acceptors (Lipinski definition) is 4. The molecule has 0 bridgehead atoms. The lowest BCUT2D eigenvalue weighted by Crippen LogP contribution is -2.38. The SMILES string of the molecule is COC(=O)CCNC(=O)C1CCCOC1c1ccccc1. The van der Waals surface area contributed by atoms with Crippen molar-refractivity contribution in [2.75, 3.05) is 20.3 Å². The number of esters is 1. The summed E-state index contributed by atoms with van der Waals surface area (Å²) >= 11 is 0. The number of amides is 1. The number of carbonyl (C=O) groups is 2. The Hall–Kier alpha value is -1.88. The molecule has 0 aliphatic carbocycles. The van der Waals surface area contributed by atoms with Gasteiger partial charge in [0.25, 0.3) is 0 Å². The summed E-state index contributed by atoms with van der Waals surface area (Å²) in [5.74, 6) is -0.596. The molecule has 1 N–H and O–H groups in total. The zero-order chi connectivity index (χ0) is 15.1. The van der Waals surface area contributed by atoms with Crippen LogP contribution in [-0.4, -0.2) is 32.1 Å². The number of carbonyl (C=O) groups excluding carboxylic acids is 2. The molecule has 0 aromatic heterocycles. The molecule has 2 atom stereocenters. The predicted molar refractivity (Wildman–Crippen MR) is 77.5 cm³/mol. The number of hydrogen-bond donors (Lipinski definition) is 1.